The Labute approximate surface area is 164 Å². The van der Waals surface area contributed by atoms with E-state index in [9.17, 15) is 17.2 Å². The molecule has 0 aliphatic heterocycles. The molecule has 0 radical (unpaired) electrons. The number of halogens is 3. The Hall–Kier alpha value is -2.22. The Morgan fingerprint density at radius 1 is 1.04 bits per heavy atom. The summed E-state index contributed by atoms with van der Waals surface area (Å²) in [4.78, 5) is 0.0455. The summed E-state index contributed by atoms with van der Waals surface area (Å²) in [6.07, 6.45) is 2.01. The second-order valence-electron chi connectivity index (χ2n) is 6.01. The van der Waals surface area contributed by atoms with Crippen molar-refractivity contribution in [1.29, 1.82) is 0 Å². The zero-order valence-corrected chi connectivity index (χ0v) is 16.1. The molecule has 0 unspecified atom stereocenters. The van der Waals surface area contributed by atoms with E-state index in [-0.39, 0.29) is 4.91 Å². The predicted molar refractivity (Wildman–Crippen MR) is 105 cm³/mol. The van der Waals surface area contributed by atoms with E-state index in [1.165, 1.54) is 0 Å². The van der Waals surface area contributed by atoms with E-state index >= 15 is 0 Å². The van der Waals surface area contributed by atoms with E-state index in [1.807, 2.05) is 29.0 Å². The third kappa shape index (κ3) is 3.38. The number of hydrogen-bond acceptors (Lipinski definition) is 3. The monoisotopic (exact) mass is 423 g/mol. The molecule has 1 aromatic heterocycles. The zero-order chi connectivity index (χ0) is 19.2. The molecule has 1 aliphatic rings. The van der Waals surface area contributed by atoms with Gasteiger partial charge in [-0.2, -0.15) is 11.3 Å². The molecule has 0 bridgehead atoms. The molecule has 138 valence electrons. The van der Waals surface area contributed by atoms with Crippen molar-refractivity contribution in [1.82, 2.24) is 0 Å². The van der Waals surface area contributed by atoms with Gasteiger partial charge >= 0.3 is 0 Å². The largest absolute Gasteiger partial charge is 0.277 e. The Bertz CT molecular complexity index is 1170. The molecule has 0 fully saturated rings. The van der Waals surface area contributed by atoms with Crippen LogP contribution < -0.4 is 4.72 Å². The molecule has 3 aromatic rings. The molecular weight excluding hydrogens is 412 g/mol. The first-order valence-corrected chi connectivity index (χ1v) is 10.7. The van der Waals surface area contributed by atoms with E-state index < -0.39 is 32.4 Å². The Balaban J connectivity index is 1.66. The number of sulfonamides is 1. The van der Waals surface area contributed by atoms with E-state index in [0.29, 0.717) is 12.0 Å². The third-order valence-corrected chi connectivity index (χ3v) is 6.70. The number of thiophene rings is 1. The van der Waals surface area contributed by atoms with Crippen LogP contribution in [0, 0.1) is 11.6 Å². The number of allylic oxidation sites excluding steroid dienone is 1. The number of hydrogen-bond donors (Lipinski definition) is 1. The minimum absolute atomic E-state index is 0.0455. The fourth-order valence-electron chi connectivity index (χ4n) is 2.98. The molecule has 0 spiro atoms. The highest BCUT2D eigenvalue weighted by molar-refractivity contribution is 8.01. The summed E-state index contributed by atoms with van der Waals surface area (Å²) in [6, 6.07) is 8.98. The molecule has 3 nitrogen and oxygen atoms in total. The van der Waals surface area contributed by atoms with Crippen molar-refractivity contribution in [3.8, 4) is 11.1 Å². The van der Waals surface area contributed by atoms with Gasteiger partial charge in [-0.1, -0.05) is 35.9 Å². The average Bonchev–Trinajstić information content (AvgIpc) is 3.28. The maximum atomic E-state index is 14.0. The second-order valence-corrected chi connectivity index (χ2v) is 8.85. The van der Waals surface area contributed by atoms with Crippen molar-refractivity contribution in [2.24, 2.45) is 0 Å². The van der Waals surface area contributed by atoms with Crippen LogP contribution in [0.2, 0.25) is 5.02 Å². The van der Waals surface area contributed by atoms with E-state index in [2.05, 4.69) is 4.72 Å². The van der Waals surface area contributed by atoms with Crippen molar-refractivity contribution in [2.75, 3.05) is 4.72 Å². The number of nitrogens with one attached hydrogen (secondary N) is 1. The molecule has 1 aliphatic carbocycles. The minimum atomic E-state index is -4.08. The van der Waals surface area contributed by atoms with E-state index in [0.717, 1.165) is 28.8 Å². The van der Waals surface area contributed by atoms with Crippen molar-refractivity contribution in [3.63, 3.8) is 0 Å². The summed E-state index contributed by atoms with van der Waals surface area (Å²) in [5, 5.41) is 3.57. The molecule has 8 heteroatoms. The van der Waals surface area contributed by atoms with Gasteiger partial charge in [0.25, 0.3) is 10.0 Å². The standard InChI is InChI=1S/C19H12ClF2NO2S2/c20-15-8-17(22)18(9-16(15)21)23-27(24,25)19-4-2-12-7-11(1-3-14(12)19)13-5-6-26-10-13/h1,3-10,23H,2H2. The lowest BCUT2D eigenvalue weighted by atomic mass is 10.0. The van der Waals surface area contributed by atoms with Crippen molar-refractivity contribution < 1.29 is 17.2 Å². The van der Waals surface area contributed by atoms with Gasteiger partial charge in [0.2, 0.25) is 0 Å². The molecule has 2 aromatic carbocycles. The van der Waals surface area contributed by atoms with Crippen LogP contribution in [0.4, 0.5) is 14.5 Å². The molecule has 4 rings (SSSR count). The average molecular weight is 424 g/mol. The molecule has 0 amide bonds. The van der Waals surface area contributed by atoms with Crippen LogP contribution in [-0.2, 0) is 16.4 Å². The Kier molecular flexibility index (Phi) is 4.53. The van der Waals surface area contributed by atoms with Gasteiger partial charge in [-0.15, -0.1) is 0 Å². The highest BCUT2D eigenvalue weighted by Gasteiger charge is 2.27. The van der Waals surface area contributed by atoms with Gasteiger partial charge in [-0.3, -0.25) is 4.72 Å². The van der Waals surface area contributed by atoms with Crippen LogP contribution in [-0.4, -0.2) is 8.42 Å². The van der Waals surface area contributed by atoms with Crippen LogP contribution in [0.3, 0.4) is 0 Å². The zero-order valence-electron chi connectivity index (χ0n) is 13.7. The van der Waals surface area contributed by atoms with Crippen molar-refractivity contribution >= 4 is 43.6 Å². The van der Waals surface area contributed by atoms with Crippen LogP contribution in [0.5, 0.6) is 0 Å². The SMILES string of the molecule is O=S(=O)(Nc1cc(F)c(Cl)cc1F)C1=CCc2cc(-c3ccsc3)ccc21. The normalized spacial score (nSPS) is 13.4. The smallest absolute Gasteiger partial charge is 0.262 e. The number of rotatable bonds is 4. The summed E-state index contributed by atoms with van der Waals surface area (Å²) in [5.41, 5.74) is 3.00. The van der Waals surface area contributed by atoms with Gasteiger partial charge < -0.3 is 0 Å². The predicted octanol–water partition coefficient (Wildman–Crippen LogP) is 5.69. The fourth-order valence-corrected chi connectivity index (χ4v) is 5.14. The maximum absolute atomic E-state index is 14.0. The highest BCUT2D eigenvalue weighted by atomic mass is 35.5. The van der Waals surface area contributed by atoms with Gasteiger partial charge in [-0.05, 0) is 51.6 Å². The second kappa shape index (κ2) is 6.74. The summed E-state index contributed by atoms with van der Waals surface area (Å²) in [7, 11) is -4.08. The Morgan fingerprint density at radius 3 is 2.59 bits per heavy atom. The number of anilines is 1. The maximum Gasteiger partial charge on any atom is 0.262 e. The molecular formula is C19H12ClF2NO2S2. The first-order chi connectivity index (χ1) is 12.8. The van der Waals surface area contributed by atoms with Crippen LogP contribution >= 0.6 is 22.9 Å². The van der Waals surface area contributed by atoms with Gasteiger partial charge in [0.15, 0.2) is 0 Å². The summed E-state index contributed by atoms with van der Waals surface area (Å²) >= 11 is 7.09. The molecule has 0 saturated carbocycles. The number of benzene rings is 2. The van der Waals surface area contributed by atoms with Crippen LogP contribution in [0.15, 0.2) is 53.2 Å². The summed E-state index contributed by atoms with van der Waals surface area (Å²) in [5.74, 6) is -1.85. The third-order valence-electron chi connectivity index (χ3n) is 4.28. The molecule has 0 atom stereocenters. The highest BCUT2D eigenvalue weighted by Crippen LogP contribution is 2.36. The van der Waals surface area contributed by atoms with E-state index in [4.69, 9.17) is 11.6 Å². The van der Waals surface area contributed by atoms with Crippen molar-refractivity contribution in [3.05, 3.63) is 81.0 Å². The fraction of sp³-hybridized carbons (Fsp3) is 0.0526. The van der Waals surface area contributed by atoms with E-state index in [1.54, 1.807) is 23.5 Å². The van der Waals surface area contributed by atoms with Gasteiger partial charge in [0, 0.05) is 6.07 Å². The van der Waals surface area contributed by atoms with Crippen LogP contribution in [0.1, 0.15) is 11.1 Å². The lowest BCUT2D eigenvalue weighted by molar-refractivity contribution is 0.599. The lowest BCUT2D eigenvalue weighted by Crippen LogP contribution is -2.15. The summed E-state index contributed by atoms with van der Waals surface area (Å²) < 4.78 is 55.1. The van der Waals surface area contributed by atoms with Gasteiger partial charge in [-0.25, -0.2) is 17.2 Å². The molecule has 1 heterocycles. The lowest BCUT2D eigenvalue weighted by Gasteiger charge is -2.12. The topological polar surface area (TPSA) is 46.2 Å². The quantitative estimate of drug-likeness (QED) is 0.548. The van der Waals surface area contributed by atoms with Gasteiger partial charge in [0.05, 0.1) is 15.6 Å². The molecule has 1 N–H and O–H groups in total. The molecule has 0 saturated heterocycles. The minimum Gasteiger partial charge on any atom is -0.277 e. The first kappa shape index (κ1) is 18.2. The Morgan fingerprint density at radius 2 is 1.85 bits per heavy atom. The number of fused-ring (bicyclic) bond motifs is 1. The molecule has 27 heavy (non-hydrogen) atoms. The van der Waals surface area contributed by atoms with Gasteiger partial charge in [0.1, 0.15) is 11.6 Å². The first-order valence-electron chi connectivity index (χ1n) is 7.88. The summed E-state index contributed by atoms with van der Waals surface area (Å²) in [6.45, 7) is 0. The van der Waals surface area contributed by atoms with Crippen molar-refractivity contribution in [2.45, 2.75) is 6.42 Å². The van der Waals surface area contributed by atoms with Crippen LogP contribution in [0.25, 0.3) is 16.0 Å².